The first-order valence-electron chi connectivity index (χ1n) is 8.27. The first-order valence-corrected chi connectivity index (χ1v) is 11.9. The summed E-state index contributed by atoms with van der Waals surface area (Å²) >= 11 is 7.84. The third-order valence-electron chi connectivity index (χ3n) is 4.77. The van der Waals surface area contributed by atoms with Crippen molar-refractivity contribution in [1.82, 2.24) is 0 Å². The summed E-state index contributed by atoms with van der Waals surface area (Å²) in [5, 5.41) is 0. The molecule has 3 aromatic rings. The van der Waals surface area contributed by atoms with Gasteiger partial charge < -0.3 is 4.74 Å². The molecule has 7 heteroatoms. The van der Waals surface area contributed by atoms with E-state index in [-0.39, 0.29) is 5.91 Å². The second-order valence-corrected chi connectivity index (χ2v) is 10.7. The lowest BCUT2D eigenvalue weighted by atomic mass is 9.86. The minimum Gasteiger partial charge on any atom is -0.497 e. The maximum Gasteiger partial charge on any atom is 0.260 e. The fourth-order valence-electron chi connectivity index (χ4n) is 3.45. The van der Waals surface area contributed by atoms with Crippen LogP contribution in [-0.2, 0) is 5.54 Å². The molecule has 3 nitrogen and oxygen atoms in total. The molecule has 2 heterocycles. The molecule has 27 heavy (non-hydrogen) atoms. The lowest BCUT2D eigenvalue weighted by Gasteiger charge is -2.43. The van der Waals surface area contributed by atoms with E-state index in [9.17, 15) is 4.79 Å². The van der Waals surface area contributed by atoms with E-state index >= 15 is 0 Å². The molecule has 0 saturated heterocycles. The molecule has 1 aromatic heterocycles. The van der Waals surface area contributed by atoms with Crippen LogP contribution in [0.15, 0.2) is 42.5 Å². The first kappa shape index (κ1) is 19.0. The van der Waals surface area contributed by atoms with Crippen molar-refractivity contribution in [2.75, 3.05) is 12.0 Å². The van der Waals surface area contributed by atoms with Gasteiger partial charge in [0.2, 0.25) is 0 Å². The molecule has 0 saturated carbocycles. The van der Waals surface area contributed by atoms with E-state index < -0.39 is 5.54 Å². The Labute approximate surface area is 184 Å². The van der Waals surface area contributed by atoms with Crippen LogP contribution in [-0.4, -0.2) is 13.0 Å². The van der Waals surface area contributed by atoms with E-state index in [1.54, 1.807) is 27.8 Å². The van der Waals surface area contributed by atoms with Gasteiger partial charge in [-0.2, -0.15) is 0 Å². The van der Waals surface area contributed by atoms with Crippen molar-refractivity contribution in [3.05, 3.63) is 60.3 Å². The summed E-state index contributed by atoms with van der Waals surface area (Å²) in [7, 11) is 4.90. The van der Waals surface area contributed by atoms with Gasteiger partial charge in [-0.15, -0.1) is 0 Å². The zero-order valence-electron chi connectivity index (χ0n) is 14.9. The van der Waals surface area contributed by atoms with Crippen molar-refractivity contribution in [2.24, 2.45) is 0 Å². The van der Waals surface area contributed by atoms with Gasteiger partial charge in [-0.05, 0) is 60.7 Å². The van der Waals surface area contributed by atoms with E-state index in [0.29, 0.717) is 5.56 Å². The Morgan fingerprint density at radius 3 is 2.63 bits per heavy atom. The van der Waals surface area contributed by atoms with Gasteiger partial charge in [0.05, 0.1) is 28.8 Å². The Bertz CT molecular complexity index is 1120. The summed E-state index contributed by atoms with van der Waals surface area (Å²) < 4.78 is 7.25. The summed E-state index contributed by atoms with van der Waals surface area (Å²) in [5.41, 5.74) is 3.10. The van der Waals surface area contributed by atoms with Crippen molar-refractivity contribution in [3.8, 4) is 16.9 Å². The number of carbonyl (C=O) groups is 1. The van der Waals surface area contributed by atoms with Gasteiger partial charge in [-0.25, -0.2) is 0 Å². The van der Waals surface area contributed by atoms with Crippen molar-refractivity contribution in [1.29, 1.82) is 0 Å². The molecule has 0 radical (unpaired) electrons. The fourth-order valence-corrected chi connectivity index (χ4v) is 7.35. The van der Waals surface area contributed by atoms with Crippen LogP contribution in [0.1, 0.15) is 29.1 Å². The van der Waals surface area contributed by atoms with Crippen LogP contribution in [0.4, 0.5) is 5.69 Å². The summed E-state index contributed by atoms with van der Waals surface area (Å²) in [5.74, 6) is 0.702. The van der Waals surface area contributed by atoms with Gasteiger partial charge in [0.1, 0.15) is 9.57 Å². The predicted molar refractivity (Wildman–Crippen MR) is 124 cm³/mol. The summed E-state index contributed by atoms with van der Waals surface area (Å²) in [6.07, 6.45) is 0. The normalized spacial score (nSPS) is 14.4. The molecule has 0 aliphatic carbocycles. The highest BCUT2D eigenvalue weighted by atomic mass is 127. The van der Waals surface area contributed by atoms with Gasteiger partial charge in [-0.3, -0.25) is 9.69 Å². The number of methoxy groups -OCH3 is 1. The summed E-state index contributed by atoms with van der Waals surface area (Å²) in [6, 6.07) is 13.5. The molecule has 1 aliphatic heterocycles. The smallest absolute Gasteiger partial charge is 0.260 e. The second-order valence-electron chi connectivity index (χ2n) is 6.72. The lowest BCUT2D eigenvalue weighted by Crippen LogP contribution is -2.48. The largest absolute Gasteiger partial charge is 0.497 e. The number of carbonyl (C=O) groups excluding carboxylic acids is 1. The maximum atomic E-state index is 13.7. The van der Waals surface area contributed by atoms with Crippen LogP contribution < -0.4 is 9.64 Å². The van der Waals surface area contributed by atoms with Crippen LogP contribution in [0.5, 0.6) is 5.75 Å². The number of benzene rings is 2. The Kier molecular flexibility index (Phi) is 4.90. The molecule has 0 bridgehead atoms. The third kappa shape index (κ3) is 2.95. The number of hydrogen-bond donors (Lipinski definition) is 0. The standard InChI is InChI=1S/C20H16INO2S3/c1-20(2)17-16(19(25)27-26-17)13-9-8-11(24-3)10-15(13)22(20)18(23)12-6-4-5-7-14(12)21/h4-10H,1-3H3. The number of ether oxygens (including phenoxy) is 1. The minimum atomic E-state index is -0.511. The molecule has 0 fully saturated rings. The van der Waals surface area contributed by atoms with E-state index in [1.807, 2.05) is 47.4 Å². The molecular weight excluding hydrogens is 509 g/mol. The minimum absolute atomic E-state index is 0.0190. The monoisotopic (exact) mass is 525 g/mol. The number of halogens is 1. The van der Waals surface area contributed by atoms with Gasteiger partial charge in [-0.1, -0.05) is 45.0 Å². The number of hydrogen-bond acceptors (Lipinski definition) is 5. The van der Waals surface area contributed by atoms with Crippen LogP contribution in [0.25, 0.3) is 11.1 Å². The first-order chi connectivity index (χ1) is 12.9. The topological polar surface area (TPSA) is 29.5 Å². The predicted octanol–water partition coefficient (Wildman–Crippen LogP) is 6.71. The Morgan fingerprint density at radius 2 is 1.93 bits per heavy atom. The van der Waals surface area contributed by atoms with E-state index in [0.717, 1.165) is 34.8 Å². The third-order valence-corrected chi connectivity index (χ3v) is 9.04. The molecular formula is C20H16INO2S3. The average Bonchev–Trinajstić information content (AvgIpc) is 3.04. The number of amides is 1. The quantitative estimate of drug-likeness (QED) is 0.212. The molecule has 0 atom stereocenters. The van der Waals surface area contributed by atoms with Crippen molar-refractivity contribution in [2.45, 2.75) is 19.4 Å². The van der Waals surface area contributed by atoms with Gasteiger partial charge in [0.15, 0.2) is 0 Å². The van der Waals surface area contributed by atoms with E-state index in [1.165, 1.54) is 0 Å². The van der Waals surface area contributed by atoms with Crippen LogP contribution >= 0.6 is 55.5 Å². The molecule has 1 aliphatic rings. The molecule has 0 unspecified atom stereocenters. The van der Waals surface area contributed by atoms with E-state index in [2.05, 4.69) is 36.4 Å². The molecule has 0 N–H and O–H groups in total. The van der Waals surface area contributed by atoms with Crippen molar-refractivity contribution < 1.29 is 9.53 Å². The van der Waals surface area contributed by atoms with Gasteiger partial charge in [0.25, 0.3) is 5.91 Å². The van der Waals surface area contributed by atoms with Crippen LogP contribution in [0.3, 0.4) is 0 Å². The molecule has 4 rings (SSSR count). The zero-order chi connectivity index (χ0) is 19.3. The van der Waals surface area contributed by atoms with Crippen molar-refractivity contribution >= 4 is 67.1 Å². The Morgan fingerprint density at radius 1 is 1.19 bits per heavy atom. The zero-order valence-corrected chi connectivity index (χ0v) is 19.5. The lowest BCUT2D eigenvalue weighted by molar-refractivity contribution is 0.0960. The summed E-state index contributed by atoms with van der Waals surface area (Å²) in [4.78, 5) is 16.7. The molecule has 1 amide bonds. The van der Waals surface area contributed by atoms with Crippen LogP contribution in [0.2, 0.25) is 0 Å². The van der Waals surface area contributed by atoms with Crippen LogP contribution in [0, 0.1) is 7.39 Å². The van der Waals surface area contributed by atoms with Gasteiger partial charge >= 0.3 is 0 Å². The maximum absolute atomic E-state index is 13.7. The highest BCUT2D eigenvalue weighted by Crippen LogP contribution is 2.53. The number of fused-ring (bicyclic) bond motifs is 3. The average molecular weight is 525 g/mol. The fraction of sp³-hybridized carbons (Fsp3) is 0.200. The van der Waals surface area contributed by atoms with Gasteiger partial charge in [0, 0.05) is 20.8 Å². The number of anilines is 1. The summed E-state index contributed by atoms with van der Waals surface area (Å²) in [6.45, 7) is 4.17. The molecule has 0 spiro atoms. The molecule has 2 aromatic carbocycles. The molecule has 138 valence electrons. The number of nitrogens with zero attached hydrogens (tertiary/aromatic N) is 1. The Balaban J connectivity index is 2.01. The van der Waals surface area contributed by atoms with Crippen molar-refractivity contribution in [3.63, 3.8) is 0 Å². The van der Waals surface area contributed by atoms with E-state index in [4.69, 9.17) is 17.0 Å². The second kappa shape index (κ2) is 6.95. The highest BCUT2D eigenvalue weighted by molar-refractivity contribution is 14.1. The Hall–Kier alpha value is -1.29. The number of rotatable bonds is 2. The highest BCUT2D eigenvalue weighted by Gasteiger charge is 2.43. The SMILES string of the molecule is COc1ccc2c(c1)N(C(=O)c1ccccc1I)C(C)(C)c1ssc(=S)c1-2.